The summed E-state index contributed by atoms with van der Waals surface area (Å²) in [5, 5.41) is 2.76. The number of Topliss-reactive ketones (excluding diaryl/α,β-unsaturated/α-hetero) is 1. The lowest BCUT2D eigenvalue weighted by atomic mass is 9.92. The molecule has 1 aliphatic rings. The van der Waals surface area contributed by atoms with Gasteiger partial charge >= 0.3 is 18.0 Å². The maximum Gasteiger partial charge on any atom is 0.408 e. The number of benzene rings is 1. The zero-order valence-electron chi connectivity index (χ0n) is 17.2. The fourth-order valence-electron chi connectivity index (χ4n) is 2.73. The van der Waals surface area contributed by atoms with Crippen LogP contribution in [0.25, 0.3) is 0 Å². The van der Waals surface area contributed by atoms with E-state index >= 15 is 0 Å². The molecule has 1 amide bonds. The normalized spacial score (nSPS) is 17.6. The molecule has 1 heterocycles. The SMILES string of the molecule is CC(C)(C)OC(=O)NC(Cc1ccc(Br)cc1Cl)C(=O)C1C(=O)OC(C)(C)OC1=O. The summed E-state index contributed by atoms with van der Waals surface area (Å²) in [6, 6.07) is 3.70. The molecular weight excluding hydrogens is 482 g/mol. The van der Waals surface area contributed by atoms with E-state index in [1.807, 2.05) is 0 Å². The van der Waals surface area contributed by atoms with Crippen LogP contribution in [0.5, 0.6) is 0 Å². The minimum absolute atomic E-state index is 0.0787. The van der Waals surface area contributed by atoms with Gasteiger partial charge in [-0.1, -0.05) is 33.6 Å². The van der Waals surface area contributed by atoms with Crippen LogP contribution in [0.1, 0.15) is 40.2 Å². The van der Waals surface area contributed by atoms with E-state index in [1.54, 1.807) is 39.0 Å². The Morgan fingerprint density at radius 3 is 2.30 bits per heavy atom. The number of carbonyl (C=O) groups is 4. The first kappa shape index (κ1) is 24.1. The van der Waals surface area contributed by atoms with Crippen molar-refractivity contribution in [2.75, 3.05) is 0 Å². The molecule has 1 aromatic carbocycles. The average molecular weight is 505 g/mol. The van der Waals surface area contributed by atoms with Gasteiger partial charge in [-0.3, -0.25) is 14.4 Å². The number of carbonyl (C=O) groups excluding carboxylic acids is 4. The first-order chi connectivity index (χ1) is 13.7. The standard InChI is InChI=1S/C20H23BrClNO7/c1-19(2,3)30-18(27)23-13(8-10-6-7-11(21)9-12(10)22)15(24)14-16(25)28-20(4,5)29-17(14)26/h6-7,9,13-14H,8H2,1-5H3,(H,23,27). The number of halogens is 2. The number of cyclic esters (lactones) is 2. The summed E-state index contributed by atoms with van der Waals surface area (Å²) in [4.78, 5) is 50.0. The van der Waals surface area contributed by atoms with E-state index in [0.717, 1.165) is 4.47 Å². The van der Waals surface area contributed by atoms with Crippen LogP contribution in [-0.4, -0.2) is 41.2 Å². The minimum Gasteiger partial charge on any atom is -0.444 e. The molecule has 1 atom stereocenters. The van der Waals surface area contributed by atoms with E-state index in [9.17, 15) is 19.2 Å². The highest BCUT2D eigenvalue weighted by atomic mass is 79.9. The van der Waals surface area contributed by atoms with Crippen molar-refractivity contribution in [3.8, 4) is 0 Å². The Labute approximate surface area is 187 Å². The number of esters is 2. The second-order valence-electron chi connectivity index (χ2n) is 8.22. The number of alkyl carbamates (subject to hydrolysis) is 1. The van der Waals surface area contributed by atoms with Crippen molar-refractivity contribution in [3.05, 3.63) is 33.3 Å². The van der Waals surface area contributed by atoms with Crippen molar-refractivity contribution < 1.29 is 33.4 Å². The summed E-state index contributed by atoms with van der Waals surface area (Å²) in [5.74, 6) is -6.27. The molecule has 8 nitrogen and oxygen atoms in total. The van der Waals surface area contributed by atoms with Crippen LogP contribution < -0.4 is 5.32 Å². The Morgan fingerprint density at radius 1 is 1.23 bits per heavy atom. The monoisotopic (exact) mass is 503 g/mol. The minimum atomic E-state index is -1.83. The van der Waals surface area contributed by atoms with E-state index in [0.29, 0.717) is 10.6 Å². The van der Waals surface area contributed by atoms with Gasteiger partial charge in [-0.15, -0.1) is 0 Å². The second kappa shape index (κ2) is 8.93. The number of hydrogen-bond donors (Lipinski definition) is 1. The molecule has 1 aromatic rings. The third-order valence-corrected chi connectivity index (χ3v) is 4.77. The van der Waals surface area contributed by atoms with Crippen molar-refractivity contribution in [2.24, 2.45) is 5.92 Å². The summed E-state index contributed by atoms with van der Waals surface area (Å²) < 4.78 is 16.0. The smallest absolute Gasteiger partial charge is 0.408 e. The summed E-state index contributed by atoms with van der Waals surface area (Å²) in [6.45, 7) is 7.73. The van der Waals surface area contributed by atoms with Gasteiger partial charge in [0, 0.05) is 29.8 Å². The first-order valence-electron chi connectivity index (χ1n) is 9.11. The van der Waals surface area contributed by atoms with Crippen molar-refractivity contribution in [1.29, 1.82) is 0 Å². The predicted octanol–water partition coefficient (Wildman–Crippen LogP) is 3.56. The van der Waals surface area contributed by atoms with Crippen LogP contribution in [0.3, 0.4) is 0 Å². The number of amides is 1. The molecular formula is C20H23BrClNO7. The van der Waals surface area contributed by atoms with Gasteiger partial charge in [-0.2, -0.15) is 0 Å². The molecule has 164 valence electrons. The Bertz CT molecular complexity index is 858. The highest BCUT2D eigenvalue weighted by Crippen LogP contribution is 2.27. The Kier molecular flexibility index (Phi) is 7.19. The molecule has 0 saturated carbocycles. The summed E-state index contributed by atoms with van der Waals surface area (Å²) >= 11 is 9.52. The fraction of sp³-hybridized carbons (Fsp3) is 0.500. The first-order valence-corrected chi connectivity index (χ1v) is 10.3. The van der Waals surface area contributed by atoms with Gasteiger partial charge in [0.15, 0.2) is 5.78 Å². The molecule has 0 bridgehead atoms. The van der Waals surface area contributed by atoms with Gasteiger partial charge in [0.2, 0.25) is 5.92 Å². The quantitative estimate of drug-likeness (QED) is 0.482. The zero-order chi connectivity index (χ0) is 22.9. The molecule has 1 fully saturated rings. The molecule has 1 aliphatic heterocycles. The Balaban J connectivity index is 2.32. The summed E-state index contributed by atoms with van der Waals surface area (Å²) in [6.07, 6.45) is -0.961. The van der Waals surface area contributed by atoms with E-state index in [2.05, 4.69) is 21.2 Å². The Hall–Kier alpha value is -2.13. The second-order valence-corrected chi connectivity index (χ2v) is 9.54. The topological polar surface area (TPSA) is 108 Å². The van der Waals surface area contributed by atoms with E-state index in [-0.39, 0.29) is 6.42 Å². The number of ether oxygens (including phenoxy) is 3. The van der Waals surface area contributed by atoms with Crippen LogP contribution in [0.2, 0.25) is 5.02 Å². The molecule has 1 N–H and O–H groups in total. The van der Waals surface area contributed by atoms with Crippen LogP contribution in [0.15, 0.2) is 22.7 Å². The highest BCUT2D eigenvalue weighted by molar-refractivity contribution is 9.10. The van der Waals surface area contributed by atoms with Crippen molar-refractivity contribution in [3.63, 3.8) is 0 Å². The fourth-order valence-corrected chi connectivity index (χ4v) is 3.48. The van der Waals surface area contributed by atoms with Crippen LogP contribution in [0.4, 0.5) is 4.79 Å². The van der Waals surface area contributed by atoms with Gasteiger partial charge < -0.3 is 19.5 Å². The lowest BCUT2D eigenvalue weighted by Crippen LogP contribution is -2.55. The molecule has 1 unspecified atom stereocenters. The summed E-state index contributed by atoms with van der Waals surface area (Å²) in [5.41, 5.74) is -0.299. The third kappa shape index (κ3) is 6.43. The maximum absolute atomic E-state index is 13.1. The maximum atomic E-state index is 13.1. The molecule has 0 radical (unpaired) electrons. The zero-order valence-corrected chi connectivity index (χ0v) is 19.5. The molecule has 1 saturated heterocycles. The van der Waals surface area contributed by atoms with Crippen molar-refractivity contribution in [1.82, 2.24) is 5.32 Å². The van der Waals surface area contributed by atoms with Gasteiger partial charge in [0.1, 0.15) is 5.60 Å². The van der Waals surface area contributed by atoms with Gasteiger partial charge in [0.25, 0.3) is 5.79 Å². The van der Waals surface area contributed by atoms with Crippen LogP contribution >= 0.6 is 27.5 Å². The van der Waals surface area contributed by atoms with E-state index in [4.69, 9.17) is 25.8 Å². The highest BCUT2D eigenvalue weighted by Gasteiger charge is 2.49. The molecule has 0 spiro atoms. The summed E-state index contributed by atoms with van der Waals surface area (Å²) in [7, 11) is 0. The van der Waals surface area contributed by atoms with Crippen LogP contribution in [-0.2, 0) is 35.0 Å². The van der Waals surface area contributed by atoms with Gasteiger partial charge in [-0.05, 0) is 38.5 Å². The third-order valence-electron chi connectivity index (χ3n) is 3.92. The molecule has 30 heavy (non-hydrogen) atoms. The van der Waals surface area contributed by atoms with Crippen LogP contribution in [0, 0.1) is 5.92 Å². The lowest BCUT2D eigenvalue weighted by Gasteiger charge is -2.33. The van der Waals surface area contributed by atoms with Gasteiger partial charge in [0.05, 0.1) is 6.04 Å². The van der Waals surface area contributed by atoms with E-state index in [1.165, 1.54) is 13.8 Å². The largest absolute Gasteiger partial charge is 0.444 e. The molecule has 0 aromatic heterocycles. The average Bonchev–Trinajstić information content (AvgIpc) is 2.52. The Morgan fingerprint density at radius 2 is 1.80 bits per heavy atom. The van der Waals surface area contributed by atoms with Crippen molar-refractivity contribution >= 4 is 51.3 Å². The molecule has 0 aliphatic carbocycles. The lowest BCUT2D eigenvalue weighted by molar-refractivity contribution is -0.238. The van der Waals surface area contributed by atoms with E-state index < -0.39 is 47.2 Å². The molecule has 10 heteroatoms. The predicted molar refractivity (Wildman–Crippen MR) is 111 cm³/mol. The number of nitrogens with one attached hydrogen (secondary N) is 1. The number of rotatable bonds is 5. The number of hydrogen-bond acceptors (Lipinski definition) is 7. The van der Waals surface area contributed by atoms with Gasteiger partial charge in [-0.25, -0.2) is 4.79 Å². The number of ketones is 1. The molecule has 2 rings (SSSR count). The van der Waals surface area contributed by atoms with Crippen molar-refractivity contribution in [2.45, 2.75) is 58.5 Å².